The van der Waals surface area contributed by atoms with E-state index in [0.29, 0.717) is 0 Å². The summed E-state index contributed by atoms with van der Waals surface area (Å²) in [7, 11) is 1.71. The van der Waals surface area contributed by atoms with Gasteiger partial charge in [0.05, 0.1) is 7.11 Å². The molecule has 1 saturated heterocycles. The highest BCUT2D eigenvalue weighted by atomic mass is 16.5. The van der Waals surface area contributed by atoms with Gasteiger partial charge in [0.25, 0.3) is 0 Å². The van der Waals surface area contributed by atoms with Gasteiger partial charge < -0.3 is 15.0 Å². The molecule has 1 aliphatic heterocycles. The molecule has 166 valence electrons. The first-order chi connectivity index (χ1) is 15.8. The summed E-state index contributed by atoms with van der Waals surface area (Å²) < 4.78 is 5.36. The number of hydrogen-bond acceptors (Lipinski definition) is 3. The van der Waals surface area contributed by atoms with Crippen molar-refractivity contribution in [1.29, 1.82) is 0 Å². The highest BCUT2D eigenvalue weighted by molar-refractivity contribution is 5.98. The van der Waals surface area contributed by atoms with Crippen molar-refractivity contribution in [3.63, 3.8) is 0 Å². The normalized spacial score (nSPS) is 14.8. The summed E-state index contributed by atoms with van der Waals surface area (Å²) in [4.78, 5) is 2.54. The topological polar surface area (TPSA) is 24.5 Å². The zero-order valence-electron chi connectivity index (χ0n) is 19.3. The van der Waals surface area contributed by atoms with E-state index in [9.17, 15) is 0 Å². The predicted octanol–water partition coefficient (Wildman–Crippen LogP) is 6.57. The third-order valence-electron chi connectivity index (χ3n) is 6.29. The predicted molar refractivity (Wildman–Crippen MR) is 136 cm³/mol. The van der Waals surface area contributed by atoms with Crippen LogP contribution in [0.1, 0.15) is 42.9 Å². The van der Waals surface area contributed by atoms with Crippen molar-refractivity contribution in [3.8, 4) is 5.75 Å². The molecule has 0 aromatic heterocycles. The van der Waals surface area contributed by atoms with Crippen molar-refractivity contribution in [2.75, 3.05) is 38.6 Å². The fraction of sp³-hybridized carbons (Fsp3) is 0.310. The van der Waals surface area contributed by atoms with E-state index in [1.54, 1.807) is 7.11 Å². The molecule has 1 heterocycles. The maximum atomic E-state index is 5.36. The molecule has 3 heteroatoms. The van der Waals surface area contributed by atoms with Crippen LogP contribution in [0, 0.1) is 0 Å². The number of hydrogen-bond donors (Lipinski definition) is 1. The third-order valence-corrected chi connectivity index (χ3v) is 6.29. The molecule has 0 radical (unpaired) electrons. The Morgan fingerprint density at radius 2 is 1.44 bits per heavy atom. The fourth-order valence-corrected chi connectivity index (χ4v) is 4.56. The summed E-state index contributed by atoms with van der Waals surface area (Å²) in [5, 5.41) is 3.59. The lowest BCUT2D eigenvalue weighted by Gasteiger charge is -2.18. The quantitative estimate of drug-likeness (QED) is 0.392. The van der Waals surface area contributed by atoms with Crippen LogP contribution in [-0.2, 0) is 0 Å². The van der Waals surface area contributed by atoms with Crippen molar-refractivity contribution < 1.29 is 4.74 Å². The van der Waals surface area contributed by atoms with E-state index in [-0.39, 0.29) is 0 Å². The van der Waals surface area contributed by atoms with E-state index in [1.807, 2.05) is 12.1 Å². The molecule has 1 N–H and O–H groups in total. The third kappa shape index (κ3) is 5.41. The van der Waals surface area contributed by atoms with Crippen LogP contribution in [-0.4, -0.2) is 38.2 Å². The summed E-state index contributed by atoms with van der Waals surface area (Å²) in [6.07, 6.45) is 3.64. The van der Waals surface area contributed by atoms with Crippen molar-refractivity contribution in [2.45, 2.75) is 26.2 Å². The molecule has 0 aliphatic carbocycles. The van der Waals surface area contributed by atoms with Gasteiger partial charge in [0, 0.05) is 18.8 Å². The van der Waals surface area contributed by atoms with Crippen LogP contribution in [0.5, 0.6) is 5.75 Å². The molecule has 32 heavy (non-hydrogen) atoms. The molecule has 3 nitrogen and oxygen atoms in total. The maximum absolute atomic E-state index is 5.36. The zero-order valence-corrected chi connectivity index (χ0v) is 19.3. The van der Waals surface area contributed by atoms with Crippen molar-refractivity contribution >= 4 is 16.8 Å². The van der Waals surface area contributed by atoms with Crippen LogP contribution >= 0.6 is 0 Å². The smallest absolute Gasteiger partial charge is 0.118 e. The van der Waals surface area contributed by atoms with Gasteiger partial charge in [0.1, 0.15) is 5.75 Å². The second-order valence-corrected chi connectivity index (χ2v) is 8.35. The Bertz CT molecular complexity index is 1000. The van der Waals surface area contributed by atoms with E-state index in [0.717, 1.165) is 25.3 Å². The summed E-state index contributed by atoms with van der Waals surface area (Å²) in [6, 6.07) is 28.1. The van der Waals surface area contributed by atoms with E-state index >= 15 is 0 Å². The largest absolute Gasteiger partial charge is 0.497 e. The molecule has 0 bridgehead atoms. The van der Waals surface area contributed by atoms with Crippen LogP contribution in [0.15, 0.2) is 78.9 Å². The van der Waals surface area contributed by atoms with E-state index in [1.165, 1.54) is 59.5 Å². The number of benzene rings is 3. The van der Waals surface area contributed by atoms with Crippen molar-refractivity contribution in [3.05, 3.63) is 95.6 Å². The summed E-state index contributed by atoms with van der Waals surface area (Å²) in [6.45, 7) is 6.84. The van der Waals surface area contributed by atoms with Gasteiger partial charge in [-0.15, -0.1) is 0 Å². The highest BCUT2D eigenvalue weighted by Crippen LogP contribution is 2.35. The van der Waals surface area contributed by atoms with Gasteiger partial charge in [-0.3, -0.25) is 0 Å². The molecule has 1 aliphatic rings. The molecule has 3 aromatic carbocycles. The Morgan fingerprint density at radius 3 is 2.06 bits per heavy atom. The standard InChI is InChI=1S/C29H34N2O/c1-3-28(23-13-17-27(32-2)18-14-23)29(24-9-5-4-6-10-24)25-11-15-26(16-12-25)30-19-22-31-20-7-8-21-31/h4-6,9-18,30H,3,7-8,19-22H2,1-2H3/b29-28-. The van der Waals surface area contributed by atoms with Crippen LogP contribution in [0.4, 0.5) is 5.69 Å². The van der Waals surface area contributed by atoms with Gasteiger partial charge in [-0.2, -0.15) is 0 Å². The summed E-state index contributed by atoms with van der Waals surface area (Å²) >= 11 is 0. The molecule has 0 atom stereocenters. The molecule has 0 unspecified atom stereocenters. The number of nitrogens with zero attached hydrogens (tertiary/aromatic N) is 1. The Morgan fingerprint density at radius 1 is 0.812 bits per heavy atom. The number of rotatable bonds is 9. The Balaban J connectivity index is 1.62. The van der Waals surface area contributed by atoms with E-state index in [2.05, 4.69) is 83.9 Å². The average molecular weight is 427 g/mol. The van der Waals surface area contributed by atoms with Crippen molar-refractivity contribution in [1.82, 2.24) is 4.90 Å². The van der Waals surface area contributed by atoms with E-state index < -0.39 is 0 Å². The van der Waals surface area contributed by atoms with Crippen LogP contribution in [0.3, 0.4) is 0 Å². The first-order valence-electron chi connectivity index (χ1n) is 11.8. The highest BCUT2D eigenvalue weighted by Gasteiger charge is 2.14. The summed E-state index contributed by atoms with van der Waals surface area (Å²) in [5.41, 5.74) is 7.54. The molecular formula is C29H34N2O. The molecule has 3 aromatic rings. The monoisotopic (exact) mass is 426 g/mol. The second-order valence-electron chi connectivity index (χ2n) is 8.35. The van der Waals surface area contributed by atoms with Gasteiger partial charge in [0.2, 0.25) is 0 Å². The number of methoxy groups -OCH3 is 1. The van der Waals surface area contributed by atoms with Gasteiger partial charge >= 0.3 is 0 Å². The molecule has 4 rings (SSSR count). The van der Waals surface area contributed by atoms with Crippen LogP contribution in [0.25, 0.3) is 11.1 Å². The minimum Gasteiger partial charge on any atom is -0.497 e. The van der Waals surface area contributed by atoms with Gasteiger partial charge in [-0.1, -0.05) is 61.5 Å². The number of ether oxygens (including phenoxy) is 1. The lowest BCUT2D eigenvalue weighted by Crippen LogP contribution is -2.25. The van der Waals surface area contributed by atoms with Gasteiger partial charge in [-0.05, 0) is 84.5 Å². The Kier molecular flexibility index (Phi) is 7.63. The number of nitrogens with one attached hydrogen (secondary N) is 1. The summed E-state index contributed by atoms with van der Waals surface area (Å²) in [5.74, 6) is 0.884. The number of allylic oxidation sites excluding steroid dienone is 1. The minimum atomic E-state index is 0.884. The second kappa shape index (κ2) is 11.0. The molecule has 0 saturated carbocycles. The average Bonchev–Trinajstić information content (AvgIpc) is 3.37. The molecule has 1 fully saturated rings. The van der Waals surface area contributed by atoms with Crippen molar-refractivity contribution in [2.24, 2.45) is 0 Å². The molecule has 0 amide bonds. The first kappa shape index (κ1) is 22.2. The first-order valence-corrected chi connectivity index (χ1v) is 11.8. The van der Waals surface area contributed by atoms with E-state index in [4.69, 9.17) is 4.74 Å². The number of anilines is 1. The fourth-order valence-electron chi connectivity index (χ4n) is 4.56. The zero-order chi connectivity index (χ0) is 22.2. The Hall–Kier alpha value is -3.04. The SMILES string of the molecule is CC/C(=C(\c1ccccc1)c1ccc(NCCN2CCCC2)cc1)c1ccc(OC)cc1. The molecular weight excluding hydrogens is 392 g/mol. The minimum absolute atomic E-state index is 0.884. The maximum Gasteiger partial charge on any atom is 0.118 e. The van der Waals surface area contributed by atoms with Gasteiger partial charge in [0.15, 0.2) is 0 Å². The van der Waals surface area contributed by atoms with Crippen LogP contribution < -0.4 is 10.1 Å². The van der Waals surface area contributed by atoms with Gasteiger partial charge in [-0.25, -0.2) is 0 Å². The lowest BCUT2D eigenvalue weighted by atomic mass is 9.88. The Labute approximate surface area is 192 Å². The number of likely N-dealkylation sites (tertiary alicyclic amines) is 1. The molecule has 0 spiro atoms. The lowest BCUT2D eigenvalue weighted by molar-refractivity contribution is 0.352. The van der Waals surface area contributed by atoms with Crippen LogP contribution in [0.2, 0.25) is 0 Å².